The number of benzene rings is 4. The predicted molar refractivity (Wildman–Crippen MR) is 196 cm³/mol. The van der Waals surface area contributed by atoms with Gasteiger partial charge in [0.1, 0.15) is 23.3 Å². The second kappa shape index (κ2) is 15.8. The molecule has 0 aliphatic heterocycles. The predicted octanol–water partition coefficient (Wildman–Crippen LogP) is 9.97. The highest BCUT2D eigenvalue weighted by Gasteiger charge is 2.32. The molecule has 4 aromatic rings. The van der Waals surface area contributed by atoms with Gasteiger partial charge in [0.25, 0.3) is 0 Å². The third kappa shape index (κ3) is 10.3. The summed E-state index contributed by atoms with van der Waals surface area (Å²) in [4.78, 5) is 0.453. The summed E-state index contributed by atoms with van der Waals surface area (Å²) in [5.74, 6) is -2.20. The van der Waals surface area contributed by atoms with Gasteiger partial charge < -0.3 is 5.11 Å². The summed E-state index contributed by atoms with van der Waals surface area (Å²) in [5.41, 5.74) is 1.12. The molecule has 0 unspecified atom stereocenters. The van der Waals surface area contributed by atoms with Crippen LogP contribution in [0.5, 0.6) is 0 Å². The topological polar surface area (TPSA) is 88.5 Å². The third-order valence-electron chi connectivity index (χ3n) is 10.5. The molecule has 11 heteroatoms. The Morgan fingerprint density at radius 3 is 1.25 bits per heavy atom. The third-order valence-corrected chi connectivity index (χ3v) is 14.3. The van der Waals surface area contributed by atoms with Crippen molar-refractivity contribution < 1.29 is 39.5 Å². The van der Waals surface area contributed by atoms with Crippen molar-refractivity contribution in [1.29, 1.82) is 0 Å². The quantitative estimate of drug-likeness (QED) is 0.181. The summed E-state index contributed by atoms with van der Waals surface area (Å²) in [5, 5.41) is 9.98. The van der Waals surface area contributed by atoms with E-state index in [-0.39, 0.29) is 44.3 Å². The minimum absolute atomic E-state index is 0.0365. The molecule has 2 aliphatic rings. The van der Waals surface area contributed by atoms with Crippen LogP contribution in [-0.2, 0) is 19.7 Å². The first-order valence-corrected chi connectivity index (χ1v) is 20.9. The Kier molecular flexibility index (Phi) is 12.1. The summed E-state index contributed by atoms with van der Waals surface area (Å²) >= 11 is 0. The number of hydrogen-bond donors (Lipinski definition) is 1. The fraction of sp³-hybridized carbons (Fsp3) is 0.415. The zero-order valence-electron chi connectivity index (χ0n) is 29.7. The standard InChI is InChI=1S/C21H24F2O2S.C20H22F2O3S/c1-21(2)11-9-15(10-12-21)14-26(24,25)18-6-3-16(4-7-18)19-8-5-17(22)13-20(19)23;1-20(23)10-8-14(9-11-20)13-26(24,25)17-5-2-15(3-6-17)18-7-4-16(21)12-19(18)22/h3-8,13,15H,9-12,14H2,1-2H3;2-7,12,14,23H,8-11,13H2,1H3. The average molecular weight is 759 g/mol. The van der Waals surface area contributed by atoms with Crippen molar-refractivity contribution in [3.63, 3.8) is 0 Å². The van der Waals surface area contributed by atoms with Crippen LogP contribution >= 0.6 is 0 Å². The van der Waals surface area contributed by atoms with Gasteiger partial charge in [-0.2, -0.15) is 0 Å². The molecule has 0 spiro atoms. The molecule has 2 saturated carbocycles. The largest absolute Gasteiger partial charge is 0.390 e. The second-order valence-corrected chi connectivity index (χ2v) is 19.5. The van der Waals surface area contributed by atoms with Crippen molar-refractivity contribution in [2.75, 3.05) is 11.5 Å². The highest BCUT2D eigenvalue weighted by molar-refractivity contribution is 7.91. The first-order chi connectivity index (χ1) is 24.3. The molecule has 2 aliphatic carbocycles. The summed E-state index contributed by atoms with van der Waals surface area (Å²) in [7, 11) is -6.82. The number of rotatable bonds is 8. The van der Waals surface area contributed by atoms with E-state index in [1.54, 1.807) is 19.1 Å². The number of hydrogen-bond acceptors (Lipinski definition) is 5. The van der Waals surface area contributed by atoms with E-state index in [1.165, 1.54) is 60.7 Å². The Balaban J connectivity index is 0.000000201. The van der Waals surface area contributed by atoms with E-state index in [2.05, 4.69) is 13.8 Å². The molecular weight excluding hydrogens is 713 g/mol. The molecule has 280 valence electrons. The van der Waals surface area contributed by atoms with Gasteiger partial charge in [-0.05, 0) is 135 Å². The van der Waals surface area contributed by atoms with Gasteiger partial charge in [-0.1, -0.05) is 38.1 Å². The molecule has 0 amide bonds. The van der Waals surface area contributed by atoms with Gasteiger partial charge >= 0.3 is 0 Å². The highest BCUT2D eigenvalue weighted by Crippen LogP contribution is 2.39. The fourth-order valence-corrected chi connectivity index (χ4v) is 10.4. The van der Waals surface area contributed by atoms with Gasteiger partial charge in [-0.3, -0.25) is 0 Å². The lowest BCUT2D eigenvalue weighted by atomic mass is 9.74. The van der Waals surface area contributed by atoms with Gasteiger partial charge in [0.2, 0.25) is 0 Å². The van der Waals surface area contributed by atoms with Gasteiger partial charge in [-0.25, -0.2) is 34.4 Å². The number of halogens is 4. The van der Waals surface area contributed by atoms with E-state index in [9.17, 15) is 39.5 Å². The van der Waals surface area contributed by atoms with Gasteiger partial charge in [0.15, 0.2) is 19.7 Å². The molecule has 6 rings (SSSR count). The van der Waals surface area contributed by atoms with Gasteiger partial charge in [-0.15, -0.1) is 0 Å². The first kappa shape index (κ1) is 39.7. The van der Waals surface area contributed by atoms with Crippen LogP contribution in [0, 0.1) is 40.5 Å². The van der Waals surface area contributed by atoms with E-state index in [4.69, 9.17) is 0 Å². The molecule has 4 aromatic carbocycles. The van der Waals surface area contributed by atoms with Gasteiger partial charge in [0, 0.05) is 23.3 Å². The minimum Gasteiger partial charge on any atom is -0.390 e. The molecule has 1 N–H and O–H groups in total. The maximum absolute atomic E-state index is 13.9. The summed E-state index contributed by atoms with van der Waals surface area (Å²) < 4.78 is 104. The van der Waals surface area contributed by atoms with Crippen LogP contribution in [0.3, 0.4) is 0 Å². The van der Waals surface area contributed by atoms with Crippen molar-refractivity contribution in [3.05, 3.63) is 108 Å². The van der Waals surface area contributed by atoms with Crippen LogP contribution in [0.15, 0.2) is 94.7 Å². The smallest absolute Gasteiger partial charge is 0.178 e. The Morgan fingerprint density at radius 2 is 0.904 bits per heavy atom. The van der Waals surface area contributed by atoms with E-state index in [0.29, 0.717) is 42.2 Å². The van der Waals surface area contributed by atoms with Crippen molar-refractivity contribution in [2.24, 2.45) is 17.3 Å². The zero-order chi connectivity index (χ0) is 37.9. The molecule has 0 atom stereocenters. The number of aliphatic hydroxyl groups is 1. The van der Waals surface area contributed by atoms with Crippen molar-refractivity contribution in [2.45, 2.75) is 87.5 Å². The maximum Gasteiger partial charge on any atom is 0.178 e. The van der Waals surface area contributed by atoms with Crippen LogP contribution < -0.4 is 0 Å². The molecule has 2 fully saturated rings. The Morgan fingerprint density at radius 1 is 0.558 bits per heavy atom. The van der Waals surface area contributed by atoms with Crippen molar-refractivity contribution >= 4 is 19.7 Å². The lowest BCUT2D eigenvalue weighted by molar-refractivity contribution is 0.0108. The van der Waals surface area contributed by atoms with Crippen LogP contribution in [0.4, 0.5) is 17.6 Å². The lowest BCUT2D eigenvalue weighted by Gasteiger charge is -2.34. The zero-order valence-corrected chi connectivity index (χ0v) is 31.4. The monoisotopic (exact) mass is 758 g/mol. The summed E-state index contributed by atoms with van der Waals surface area (Å²) in [6.07, 6.45) is 6.56. The molecule has 0 heterocycles. The fourth-order valence-electron chi connectivity index (χ4n) is 7.04. The SMILES string of the molecule is CC1(C)CCC(CS(=O)(=O)c2ccc(-c3ccc(F)cc3F)cc2)CC1.CC1(O)CCC(CS(=O)(=O)c2ccc(-c3ccc(F)cc3F)cc2)CC1. The molecule has 0 bridgehead atoms. The van der Waals surface area contributed by atoms with E-state index in [0.717, 1.165) is 37.8 Å². The molecule has 0 radical (unpaired) electrons. The summed E-state index contributed by atoms with van der Waals surface area (Å²) in [6.45, 7) is 6.24. The molecule has 0 saturated heterocycles. The highest BCUT2D eigenvalue weighted by atomic mass is 32.2. The molecule has 5 nitrogen and oxygen atoms in total. The molecule has 52 heavy (non-hydrogen) atoms. The van der Waals surface area contributed by atoms with E-state index < -0.39 is 48.5 Å². The Bertz CT molecular complexity index is 1910. The summed E-state index contributed by atoms with van der Waals surface area (Å²) in [6, 6.07) is 18.9. The van der Waals surface area contributed by atoms with Crippen LogP contribution in [0.25, 0.3) is 22.3 Å². The average Bonchev–Trinajstić information content (AvgIpc) is 3.07. The Hall–Kier alpha value is -3.54. The van der Waals surface area contributed by atoms with Crippen LogP contribution in [0.1, 0.15) is 72.1 Å². The normalized spacial score (nSPS) is 20.9. The van der Waals surface area contributed by atoms with Crippen LogP contribution in [0.2, 0.25) is 0 Å². The van der Waals surface area contributed by atoms with Gasteiger partial charge in [0.05, 0.1) is 26.9 Å². The van der Waals surface area contributed by atoms with Crippen LogP contribution in [-0.4, -0.2) is 39.0 Å². The number of sulfone groups is 2. The molecular formula is C41H46F4O5S2. The lowest BCUT2D eigenvalue weighted by Crippen LogP contribution is -2.32. The second-order valence-electron chi connectivity index (χ2n) is 15.4. The van der Waals surface area contributed by atoms with E-state index in [1.807, 2.05) is 0 Å². The minimum atomic E-state index is -3.45. The maximum atomic E-state index is 13.9. The van der Waals surface area contributed by atoms with Crippen molar-refractivity contribution in [3.8, 4) is 22.3 Å². The van der Waals surface area contributed by atoms with E-state index >= 15 is 0 Å². The first-order valence-electron chi connectivity index (χ1n) is 17.6. The molecule has 0 aromatic heterocycles. The Labute approximate surface area is 305 Å². The van der Waals surface area contributed by atoms with Crippen molar-refractivity contribution in [1.82, 2.24) is 0 Å².